The van der Waals surface area contributed by atoms with E-state index in [4.69, 9.17) is 16.6 Å². The molecule has 2 heterocycles. The van der Waals surface area contributed by atoms with E-state index >= 15 is 0 Å². The van der Waals surface area contributed by atoms with E-state index in [1.807, 2.05) is 26.1 Å². The number of nitrogens with zero attached hydrogens (tertiary/aromatic N) is 2. The summed E-state index contributed by atoms with van der Waals surface area (Å²) >= 11 is 13.7. The highest BCUT2D eigenvalue weighted by Crippen LogP contribution is 2.41. The molecular formula is C20H24Br2ClN3. The zero-order chi connectivity index (χ0) is 18.7. The van der Waals surface area contributed by atoms with E-state index in [1.54, 1.807) is 0 Å². The Morgan fingerprint density at radius 3 is 2.62 bits per heavy atom. The van der Waals surface area contributed by atoms with Crippen LogP contribution < -0.4 is 5.32 Å². The first-order chi connectivity index (χ1) is 12.6. The van der Waals surface area contributed by atoms with Gasteiger partial charge in [-0.3, -0.25) is 9.88 Å². The van der Waals surface area contributed by atoms with Gasteiger partial charge in [0.05, 0.1) is 16.8 Å². The van der Waals surface area contributed by atoms with Gasteiger partial charge in [-0.15, -0.1) is 0 Å². The summed E-state index contributed by atoms with van der Waals surface area (Å²) in [6, 6.07) is 6.61. The Bertz CT molecular complexity index is 776. The SMILES string of the molecule is CC.Clc1ccc2c(c1Br)CCc1cc(Br)cnc1C2N1CCNCC1. The number of fused-ring (bicyclic) bond motifs is 2. The summed E-state index contributed by atoms with van der Waals surface area (Å²) in [5.74, 6) is 0. The van der Waals surface area contributed by atoms with Crippen molar-refractivity contribution in [3.63, 3.8) is 0 Å². The van der Waals surface area contributed by atoms with Crippen LogP contribution in [0.2, 0.25) is 5.02 Å². The first-order valence-corrected chi connectivity index (χ1v) is 11.2. The van der Waals surface area contributed by atoms with Gasteiger partial charge in [0.25, 0.3) is 0 Å². The Balaban J connectivity index is 0.000000948. The minimum Gasteiger partial charge on any atom is -0.314 e. The predicted molar refractivity (Wildman–Crippen MR) is 116 cm³/mol. The molecule has 3 nitrogen and oxygen atoms in total. The van der Waals surface area contributed by atoms with Crippen molar-refractivity contribution >= 4 is 43.5 Å². The normalized spacial score (nSPS) is 19.7. The summed E-state index contributed by atoms with van der Waals surface area (Å²) in [6.45, 7) is 8.10. The average Bonchev–Trinajstić information content (AvgIpc) is 2.84. The van der Waals surface area contributed by atoms with E-state index in [0.717, 1.165) is 53.0 Å². The minimum atomic E-state index is 0.196. The molecule has 4 rings (SSSR count). The quantitative estimate of drug-likeness (QED) is 0.569. The molecule has 0 radical (unpaired) electrons. The molecule has 1 aromatic carbocycles. The third-order valence-electron chi connectivity index (χ3n) is 4.92. The van der Waals surface area contributed by atoms with Crippen LogP contribution in [0.15, 0.2) is 33.3 Å². The number of hydrogen-bond donors (Lipinski definition) is 1. The molecule has 2 aromatic rings. The second-order valence-electron chi connectivity index (χ2n) is 6.32. The fourth-order valence-electron chi connectivity index (χ4n) is 3.77. The summed E-state index contributed by atoms with van der Waals surface area (Å²) in [7, 11) is 0. The van der Waals surface area contributed by atoms with Crippen LogP contribution >= 0.6 is 43.5 Å². The van der Waals surface area contributed by atoms with E-state index < -0.39 is 0 Å². The number of hydrogen-bond acceptors (Lipinski definition) is 3. The maximum Gasteiger partial charge on any atom is 0.0783 e. The Morgan fingerprint density at radius 1 is 1.15 bits per heavy atom. The second-order valence-corrected chi connectivity index (χ2v) is 8.43. The standard InChI is InChI=1S/C18H18Br2ClN3.C2H6/c19-12-9-11-1-2-13-14(3-4-15(21)16(13)20)18(17(11)23-10-12)24-7-5-22-6-8-24;1-2/h3-4,9-10,18,22H,1-2,5-8H2;1-2H3. The lowest BCUT2D eigenvalue weighted by Crippen LogP contribution is -2.45. The van der Waals surface area contributed by atoms with Gasteiger partial charge in [0.1, 0.15) is 0 Å². The van der Waals surface area contributed by atoms with Crippen molar-refractivity contribution in [2.45, 2.75) is 32.7 Å². The van der Waals surface area contributed by atoms with Crippen LogP contribution in [0.3, 0.4) is 0 Å². The monoisotopic (exact) mass is 499 g/mol. The average molecular weight is 502 g/mol. The van der Waals surface area contributed by atoms with Gasteiger partial charge in [0.15, 0.2) is 0 Å². The Labute approximate surface area is 177 Å². The first kappa shape index (κ1) is 20.3. The molecule has 1 aliphatic carbocycles. The van der Waals surface area contributed by atoms with Crippen LogP contribution in [0, 0.1) is 0 Å². The molecule has 0 spiro atoms. The van der Waals surface area contributed by atoms with Crippen LogP contribution in [0.1, 0.15) is 42.3 Å². The molecule has 0 saturated carbocycles. The summed E-state index contributed by atoms with van der Waals surface area (Å²) in [5.41, 5.74) is 5.17. The maximum absolute atomic E-state index is 6.38. The van der Waals surface area contributed by atoms with Gasteiger partial charge in [0, 0.05) is 41.3 Å². The van der Waals surface area contributed by atoms with Gasteiger partial charge in [-0.1, -0.05) is 31.5 Å². The molecule has 1 N–H and O–H groups in total. The van der Waals surface area contributed by atoms with E-state index in [0.29, 0.717) is 0 Å². The van der Waals surface area contributed by atoms with Gasteiger partial charge in [-0.2, -0.15) is 0 Å². The number of pyridine rings is 1. The number of nitrogens with one attached hydrogen (secondary N) is 1. The summed E-state index contributed by atoms with van der Waals surface area (Å²) < 4.78 is 2.08. The van der Waals surface area contributed by atoms with Crippen LogP contribution in [-0.4, -0.2) is 36.1 Å². The molecular weight excluding hydrogens is 478 g/mol. The smallest absolute Gasteiger partial charge is 0.0783 e. The largest absolute Gasteiger partial charge is 0.314 e. The van der Waals surface area contributed by atoms with Crippen LogP contribution in [0.5, 0.6) is 0 Å². The number of aryl methyl sites for hydroxylation is 1. The van der Waals surface area contributed by atoms with Gasteiger partial charge < -0.3 is 5.32 Å². The van der Waals surface area contributed by atoms with E-state index in [2.05, 4.69) is 54.2 Å². The molecule has 0 amide bonds. The first-order valence-electron chi connectivity index (χ1n) is 9.21. The molecule has 140 valence electrons. The highest BCUT2D eigenvalue weighted by Gasteiger charge is 2.32. The van der Waals surface area contributed by atoms with E-state index in [-0.39, 0.29) is 6.04 Å². The Hall–Kier alpha value is -0.460. The van der Waals surface area contributed by atoms with Crippen molar-refractivity contribution in [1.82, 2.24) is 15.2 Å². The lowest BCUT2D eigenvalue weighted by atomic mass is 9.96. The number of benzene rings is 1. The zero-order valence-corrected chi connectivity index (χ0v) is 19.1. The molecule has 2 aliphatic rings. The summed E-state index contributed by atoms with van der Waals surface area (Å²) in [5, 5.41) is 4.23. The molecule has 1 aliphatic heterocycles. The number of aromatic nitrogens is 1. The third kappa shape index (κ3) is 4.02. The molecule has 6 heteroatoms. The highest BCUT2D eigenvalue weighted by molar-refractivity contribution is 9.10. The highest BCUT2D eigenvalue weighted by atomic mass is 79.9. The van der Waals surface area contributed by atoms with Crippen LogP contribution in [0.25, 0.3) is 0 Å². The summed E-state index contributed by atoms with van der Waals surface area (Å²) in [6.07, 6.45) is 3.88. The molecule has 1 unspecified atom stereocenters. The van der Waals surface area contributed by atoms with Crippen LogP contribution in [0.4, 0.5) is 0 Å². The van der Waals surface area contributed by atoms with Gasteiger partial charge in [-0.25, -0.2) is 0 Å². The van der Waals surface area contributed by atoms with Crippen molar-refractivity contribution in [1.29, 1.82) is 0 Å². The van der Waals surface area contributed by atoms with Crippen LogP contribution in [-0.2, 0) is 12.8 Å². The molecule has 1 fully saturated rings. The van der Waals surface area contributed by atoms with E-state index in [1.165, 1.54) is 22.4 Å². The molecule has 1 aromatic heterocycles. The molecule has 1 saturated heterocycles. The number of halogens is 3. The zero-order valence-electron chi connectivity index (χ0n) is 15.2. The van der Waals surface area contributed by atoms with E-state index in [9.17, 15) is 0 Å². The molecule has 0 bridgehead atoms. The predicted octanol–water partition coefficient (Wildman–Crippen LogP) is 5.38. The van der Waals surface area contributed by atoms with Gasteiger partial charge in [0.2, 0.25) is 0 Å². The van der Waals surface area contributed by atoms with Gasteiger partial charge >= 0.3 is 0 Å². The topological polar surface area (TPSA) is 28.2 Å². The van der Waals surface area contributed by atoms with Crippen molar-refractivity contribution in [3.8, 4) is 0 Å². The fraction of sp³-hybridized carbons (Fsp3) is 0.450. The van der Waals surface area contributed by atoms with Crippen molar-refractivity contribution in [2.75, 3.05) is 26.2 Å². The Morgan fingerprint density at radius 2 is 1.88 bits per heavy atom. The number of rotatable bonds is 1. The van der Waals surface area contributed by atoms with Crippen molar-refractivity contribution in [3.05, 3.63) is 60.7 Å². The third-order valence-corrected chi connectivity index (χ3v) is 6.80. The van der Waals surface area contributed by atoms with Gasteiger partial charge in [-0.05, 0) is 73.5 Å². The van der Waals surface area contributed by atoms with Crippen molar-refractivity contribution < 1.29 is 0 Å². The Kier molecular flexibility index (Phi) is 7.14. The molecule has 26 heavy (non-hydrogen) atoms. The minimum absolute atomic E-state index is 0.196. The van der Waals surface area contributed by atoms with Crippen molar-refractivity contribution in [2.24, 2.45) is 0 Å². The maximum atomic E-state index is 6.38. The second kappa shape index (κ2) is 9.16. The summed E-state index contributed by atoms with van der Waals surface area (Å²) in [4.78, 5) is 7.37. The lowest BCUT2D eigenvalue weighted by Gasteiger charge is -2.36. The number of piperazine rings is 1. The molecule has 1 atom stereocenters. The lowest BCUT2D eigenvalue weighted by molar-refractivity contribution is 0.195. The fourth-order valence-corrected chi connectivity index (χ4v) is 4.89.